The Morgan fingerprint density at radius 2 is 2.05 bits per heavy atom. The van der Waals surface area contributed by atoms with Gasteiger partial charge in [0.1, 0.15) is 12.4 Å². The standard InChI is InChI=1S/C14H21NO3S/c1-12-4-6-13(7-5-12)18-9-10-19(16,17)14-3-2-8-15-11-14/h4-7,14-15H,2-3,8-11H2,1H3. The third-order valence-corrected chi connectivity index (χ3v) is 5.57. The van der Waals surface area contributed by atoms with Gasteiger partial charge < -0.3 is 10.1 Å². The van der Waals surface area contributed by atoms with Crippen molar-refractivity contribution in [1.82, 2.24) is 5.32 Å². The molecule has 4 nitrogen and oxygen atoms in total. The van der Waals surface area contributed by atoms with Crippen LogP contribution in [0.25, 0.3) is 0 Å². The molecule has 1 unspecified atom stereocenters. The summed E-state index contributed by atoms with van der Waals surface area (Å²) in [5.74, 6) is 0.815. The number of sulfone groups is 1. The van der Waals surface area contributed by atoms with Gasteiger partial charge in [-0.3, -0.25) is 0 Å². The molecule has 1 aromatic carbocycles. The van der Waals surface area contributed by atoms with Crippen molar-refractivity contribution in [3.8, 4) is 5.75 Å². The van der Waals surface area contributed by atoms with E-state index in [1.807, 2.05) is 31.2 Å². The molecular weight excluding hydrogens is 262 g/mol. The molecule has 0 radical (unpaired) electrons. The Kier molecular flexibility index (Phi) is 4.82. The average molecular weight is 283 g/mol. The second-order valence-electron chi connectivity index (χ2n) is 5.00. The number of benzene rings is 1. The molecule has 0 bridgehead atoms. The molecule has 1 aliphatic heterocycles. The molecule has 1 N–H and O–H groups in total. The van der Waals surface area contributed by atoms with Gasteiger partial charge in [0.25, 0.3) is 0 Å². The Hall–Kier alpha value is -1.07. The van der Waals surface area contributed by atoms with Crippen molar-refractivity contribution in [2.24, 2.45) is 0 Å². The van der Waals surface area contributed by atoms with Gasteiger partial charge >= 0.3 is 0 Å². The van der Waals surface area contributed by atoms with Gasteiger partial charge in [-0.2, -0.15) is 0 Å². The summed E-state index contributed by atoms with van der Waals surface area (Å²) in [6.45, 7) is 3.73. The Labute approximate surface area is 115 Å². The van der Waals surface area contributed by atoms with Crippen LogP contribution in [0.4, 0.5) is 0 Å². The van der Waals surface area contributed by atoms with Crippen molar-refractivity contribution in [3.05, 3.63) is 29.8 Å². The fourth-order valence-electron chi connectivity index (χ4n) is 2.20. The average Bonchev–Trinajstić information content (AvgIpc) is 2.42. The maximum absolute atomic E-state index is 12.1. The van der Waals surface area contributed by atoms with Crippen LogP contribution in [0.15, 0.2) is 24.3 Å². The highest BCUT2D eigenvalue weighted by molar-refractivity contribution is 7.92. The van der Waals surface area contributed by atoms with Crippen LogP contribution in [0.1, 0.15) is 18.4 Å². The first-order valence-corrected chi connectivity index (χ1v) is 8.41. The molecule has 1 saturated heterocycles. The zero-order chi connectivity index (χ0) is 13.7. The van der Waals surface area contributed by atoms with Gasteiger partial charge in [0, 0.05) is 6.54 Å². The minimum absolute atomic E-state index is 0.0905. The first kappa shape index (κ1) is 14.3. The zero-order valence-electron chi connectivity index (χ0n) is 11.3. The third kappa shape index (κ3) is 4.21. The monoisotopic (exact) mass is 283 g/mol. The van der Waals surface area contributed by atoms with Crippen molar-refractivity contribution >= 4 is 9.84 Å². The summed E-state index contributed by atoms with van der Waals surface area (Å²) in [5, 5.41) is 2.89. The minimum atomic E-state index is -3.05. The van der Waals surface area contributed by atoms with Crippen molar-refractivity contribution in [2.75, 3.05) is 25.4 Å². The van der Waals surface area contributed by atoms with E-state index >= 15 is 0 Å². The maximum atomic E-state index is 12.1. The molecule has 19 heavy (non-hydrogen) atoms. The van der Waals surface area contributed by atoms with E-state index in [1.54, 1.807) is 0 Å². The quantitative estimate of drug-likeness (QED) is 0.890. The Balaban J connectivity index is 1.82. The van der Waals surface area contributed by atoms with E-state index in [2.05, 4.69) is 5.32 Å². The van der Waals surface area contributed by atoms with E-state index in [4.69, 9.17) is 4.74 Å². The number of rotatable bonds is 5. The van der Waals surface area contributed by atoms with Gasteiger partial charge in [0.15, 0.2) is 9.84 Å². The predicted octanol–water partition coefficient (Wildman–Crippen LogP) is 1.54. The van der Waals surface area contributed by atoms with Gasteiger partial charge in [0.2, 0.25) is 0 Å². The lowest BCUT2D eigenvalue weighted by Gasteiger charge is -2.22. The molecule has 1 fully saturated rings. The molecule has 0 amide bonds. The summed E-state index contributed by atoms with van der Waals surface area (Å²) in [4.78, 5) is 0. The minimum Gasteiger partial charge on any atom is -0.493 e. The first-order chi connectivity index (χ1) is 9.08. The first-order valence-electron chi connectivity index (χ1n) is 6.70. The number of piperidine rings is 1. The van der Waals surface area contributed by atoms with Crippen LogP contribution >= 0.6 is 0 Å². The van der Waals surface area contributed by atoms with Crippen LogP contribution in [0.2, 0.25) is 0 Å². The van der Waals surface area contributed by atoms with Crippen molar-refractivity contribution < 1.29 is 13.2 Å². The van der Waals surface area contributed by atoms with E-state index in [0.717, 1.165) is 30.7 Å². The van der Waals surface area contributed by atoms with E-state index in [1.165, 1.54) is 0 Å². The molecule has 2 rings (SSSR count). The summed E-state index contributed by atoms with van der Waals surface area (Å²) >= 11 is 0. The van der Waals surface area contributed by atoms with Crippen LogP contribution in [0, 0.1) is 6.92 Å². The highest BCUT2D eigenvalue weighted by Gasteiger charge is 2.26. The lowest BCUT2D eigenvalue weighted by molar-refractivity contribution is 0.339. The van der Waals surface area contributed by atoms with Crippen LogP contribution in [0.3, 0.4) is 0 Å². The topological polar surface area (TPSA) is 55.4 Å². The smallest absolute Gasteiger partial charge is 0.157 e. The Morgan fingerprint density at radius 3 is 2.68 bits per heavy atom. The van der Waals surface area contributed by atoms with Crippen LogP contribution in [0.5, 0.6) is 5.75 Å². The fraction of sp³-hybridized carbons (Fsp3) is 0.571. The molecule has 0 spiro atoms. The molecular formula is C14H21NO3S. The van der Waals surface area contributed by atoms with E-state index in [-0.39, 0.29) is 17.6 Å². The van der Waals surface area contributed by atoms with Gasteiger partial charge in [-0.05, 0) is 38.4 Å². The van der Waals surface area contributed by atoms with E-state index in [0.29, 0.717) is 6.54 Å². The number of aryl methyl sites for hydroxylation is 1. The molecule has 1 aliphatic rings. The van der Waals surface area contributed by atoms with Crippen LogP contribution in [-0.4, -0.2) is 39.1 Å². The molecule has 0 aromatic heterocycles. The summed E-state index contributed by atoms with van der Waals surface area (Å²) in [5.41, 5.74) is 1.16. The second-order valence-corrected chi connectivity index (χ2v) is 7.40. The highest BCUT2D eigenvalue weighted by atomic mass is 32.2. The van der Waals surface area contributed by atoms with Gasteiger partial charge in [-0.15, -0.1) is 0 Å². The fourth-order valence-corrected chi connectivity index (χ4v) is 3.75. The normalized spacial score (nSPS) is 20.2. The molecule has 106 valence electrons. The molecule has 1 aromatic rings. The highest BCUT2D eigenvalue weighted by Crippen LogP contribution is 2.14. The Bertz CT molecular complexity index is 490. The SMILES string of the molecule is Cc1ccc(OCCS(=O)(=O)C2CCCNC2)cc1. The van der Waals surface area contributed by atoms with Gasteiger partial charge in [-0.25, -0.2) is 8.42 Å². The summed E-state index contributed by atoms with van der Waals surface area (Å²) in [6.07, 6.45) is 1.70. The molecule has 1 heterocycles. The number of nitrogens with one attached hydrogen (secondary N) is 1. The lowest BCUT2D eigenvalue weighted by atomic mass is 10.2. The largest absolute Gasteiger partial charge is 0.493 e. The summed E-state index contributed by atoms with van der Waals surface area (Å²) in [6, 6.07) is 7.64. The van der Waals surface area contributed by atoms with Crippen molar-refractivity contribution in [3.63, 3.8) is 0 Å². The van der Waals surface area contributed by atoms with Gasteiger partial charge in [0.05, 0.1) is 11.0 Å². The number of hydrogen-bond donors (Lipinski definition) is 1. The zero-order valence-corrected chi connectivity index (χ0v) is 12.1. The molecule has 0 aliphatic carbocycles. The summed E-state index contributed by atoms with van der Waals surface area (Å²) < 4.78 is 29.7. The second kappa shape index (κ2) is 6.39. The molecule has 0 saturated carbocycles. The van der Waals surface area contributed by atoms with Crippen molar-refractivity contribution in [2.45, 2.75) is 25.0 Å². The van der Waals surface area contributed by atoms with Gasteiger partial charge in [-0.1, -0.05) is 17.7 Å². The van der Waals surface area contributed by atoms with Crippen LogP contribution in [-0.2, 0) is 9.84 Å². The maximum Gasteiger partial charge on any atom is 0.157 e. The van der Waals surface area contributed by atoms with Crippen molar-refractivity contribution in [1.29, 1.82) is 0 Å². The Morgan fingerprint density at radius 1 is 1.32 bits per heavy atom. The predicted molar refractivity (Wildman–Crippen MR) is 76.4 cm³/mol. The number of hydrogen-bond acceptors (Lipinski definition) is 4. The third-order valence-electron chi connectivity index (χ3n) is 3.42. The van der Waals surface area contributed by atoms with E-state index < -0.39 is 9.84 Å². The van der Waals surface area contributed by atoms with E-state index in [9.17, 15) is 8.42 Å². The number of ether oxygens (including phenoxy) is 1. The lowest BCUT2D eigenvalue weighted by Crippen LogP contribution is -2.40. The molecule has 5 heteroatoms. The summed E-state index contributed by atoms with van der Waals surface area (Å²) in [7, 11) is -3.05. The molecule has 1 atom stereocenters. The van der Waals surface area contributed by atoms with Crippen LogP contribution < -0.4 is 10.1 Å².